The standard InChI is InChI=1S/C43H44N4O3S3/c1-29-16-20-31(21-17-29)27-46-40-35(12-8-10-33-24-25-51-42(33)40)37(44-46)14-6-4-3-5-7-15-38-36-13-9-11-34-26-39(53(48,49)50)52-43(34)41(36)47(45-38)28-32-22-18-30(2)19-23-32/h6-7,14-26H,3-5,8-13,27-28H2,1-2H3,(H,48,49,50). The molecule has 0 saturated heterocycles. The molecule has 272 valence electrons. The van der Waals surface area contributed by atoms with E-state index in [0.29, 0.717) is 6.54 Å². The van der Waals surface area contributed by atoms with Crippen molar-refractivity contribution in [1.29, 1.82) is 0 Å². The summed E-state index contributed by atoms with van der Waals surface area (Å²) in [6.07, 6.45) is 17.6. The van der Waals surface area contributed by atoms with Gasteiger partial charge in [0.05, 0.1) is 45.6 Å². The summed E-state index contributed by atoms with van der Waals surface area (Å²) in [5.74, 6) is 0. The average Bonchev–Trinajstić information content (AvgIpc) is 3.87. The van der Waals surface area contributed by atoms with Crippen LogP contribution < -0.4 is 0 Å². The molecule has 0 bridgehead atoms. The van der Waals surface area contributed by atoms with Gasteiger partial charge in [0, 0.05) is 11.1 Å². The summed E-state index contributed by atoms with van der Waals surface area (Å²) < 4.78 is 38.3. The summed E-state index contributed by atoms with van der Waals surface area (Å²) in [6.45, 7) is 5.55. The molecular formula is C43H44N4O3S3. The maximum absolute atomic E-state index is 12.1. The van der Waals surface area contributed by atoms with E-state index in [1.165, 1.54) is 38.4 Å². The van der Waals surface area contributed by atoms with Gasteiger partial charge in [-0.2, -0.15) is 18.6 Å². The Kier molecular flexibility index (Phi) is 10.2. The Morgan fingerprint density at radius 2 is 1.25 bits per heavy atom. The molecule has 4 aromatic heterocycles. The first-order valence-corrected chi connectivity index (χ1v) is 21.7. The van der Waals surface area contributed by atoms with Gasteiger partial charge < -0.3 is 0 Å². The quantitative estimate of drug-likeness (QED) is 0.105. The maximum Gasteiger partial charge on any atom is 0.304 e. The third-order valence-electron chi connectivity index (χ3n) is 10.3. The van der Waals surface area contributed by atoms with E-state index in [9.17, 15) is 13.0 Å². The van der Waals surface area contributed by atoms with E-state index in [1.807, 2.05) is 16.0 Å². The van der Waals surface area contributed by atoms with E-state index in [0.717, 1.165) is 114 Å². The van der Waals surface area contributed by atoms with Gasteiger partial charge in [0.25, 0.3) is 0 Å². The molecule has 0 spiro atoms. The molecule has 0 radical (unpaired) electrons. The molecule has 6 aromatic rings. The van der Waals surface area contributed by atoms with Gasteiger partial charge in [-0.1, -0.05) is 71.8 Å². The minimum atomic E-state index is -4.29. The van der Waals surface area contributed by atoms with E-state index < -0.39 is 10.1 Å². The number of allylic oxidation sites excluding steroid dienone is 2. The lowest BCUT2D eigenvalue weighted by Gasteiger charge is -2.09. The fourth-order valence-corrected chi connectivity index (χ4v) is 10.6. The van der Waals surface area contributed by atoms with Crippen LogP contribution in [0.3, 0.4) is 0 Å². The smallest absolute Gasteiger partial charge is 0.281 e. The molecule has 0 fully saturated rings. The average molecular weight is 761 g/mol. The Morgan fingerprint density at radius 1 is 0.717 bits per heavy atom. The second kappa shape index (κ2) is 15.2. The fraction of sp³-hybridized carbons (Fsp3) is 0.302. The largest absolute Gasteiger partial charge is 0.304 e. The van der Waals surface area contributed by atoms with Gasteiger partial charge in [-0.3, -0.25) is 13.9 Å². The predicted octanol–water partition coefficient (Wildman–Crippen LogP) is 10.4. The second-order valence-corrected chi connectivity index (χ2v) is 17.9. The molecule has 0 unspecified atom stereocenters. The van der Waals surface area contributed by atoms with Gasteiger partial charge in [-0.05, 0) is 124 Å². The number of hydrogen-bond acceptors (Lipinski definition) is 6. The number of benzene rings is 2. The number of aromatic nitrogens is 4. The van der Waals surface area contributed by atoms with E-state index in [2.05, 4.69) is 103 Å². The van der Waals surface area contributed by atoms with Gasteiger partial charge in [0.1, 0.15) is 4.21 Å². The van der Waals surface area contributed by atoms with Crippen LogP contribution in [-0.4, -0.2) is 32.5 Å². The highest BCUT2D eigenvalue weighted by molar-refractivity contribution is 7.88. The van der Waals surface area contributed by atoms with Crippen molar-refractivity contribution in [3.8, 4) is 21.1 Å². The molecule has 0 amide bonds. The van der Waals surface area contributed by atoms with E-state index in [1.54, 1.807) is 6.07 Å². The molecule has 7 nitrogen and oxygen atoms in total. The molecule has 0 atom stereocenters. The first-order chi connectivity index (χ1) is 25.7. The number of rotatable bonds is 11. The normalized spacial score (nSPS) is 14.2. The highest BCUT2D eigenvalue weighted by Gasteiger charge is 2.28. The lowest BCUT2D eigenvalue weighted by atomic mass is 10.1. The fourth-order valence-electron chi connectivity index (χ4n) is 7.58. The summed E-state index contributed by atoms with van der Waals surface area (Å²) >= 11 is 2.98. The number of nitrogens with zero attached hydrogens (tertiary/aromatic N) is 4. The van der Waals surface area contributed by atoms with Crippen LogP contribution in [-0.2, 0) is 48.9 Å². The Labute approximate surface area is 320 Å². The summed E-state index contributed by atoms with van der Waals surface area (Å²) in [6, 6.07) is 21.1. The number of fused-ring (bicyclic) bond motifs is 6. The predicted molar refractivity (Wildman–Crippen MR) is 217 cm³/mol. The summed E-state index contributed by atoms with van der Waals surface area (Å²) in [7, 11) is -4.29. The first-order valence-electron chi connectivity index (χ1n) is 18.5. The van der Waals surface area contributed by atoms with Crippen LogP contribution in [0.25, 0.3) is 33.3 Å². The van der Waals surface area contributed by atoms with Crippen LogP contribution in [0.2, 0.25) is 0 Å². The van der Waals surface area contributed by atoms with Crippen molar-refractivity contribution in [3.05, 3.63) is 134 Å². The second-order valence-electron chi connectivity index (χ2n) is 14.3. The molecule has 10 heteroatoms. The van der Waals surface area contributed by atoms with Crippen LogP contribution in [0.4, 0.5) is 0 Å². The zero-order chi connectivity index (χ0) is 36.5. The van der Waals surface area contributed by atoms with Crippen molar-refractivity contribution in [2.45, 2.75) is 88.9 Å². The summed E-state index contributed by atoms with van der Waals surface area (Å²) in [5.41, 5.74) is 14.1. The highest BCUT2D eigenvalue weighted by Crippen LogP contribution is 2.42. The van der Waals surface area contributed by atoms with E-state index in [4.69, 9.17) is 10.2 Å². The van der Waals surface area contributed by atoms with Crippen LogP contribution in [0.15, 0.2) is 82.4 Å². The monoisotopic (exact) mass is 760 g/mol. The van der Waals surface area contributed by atoms with Crippen LogP contribution in [0, 0.1) is 13.8 Å². The third-order valence-corrected chi connectivity index (χ3v) is 13.8. The molecule has 0 aliphatic heterocycles. The molecule has 0 saturated carbocycles. The third kappa shape index (κ3) is 7.69. The highest BCUT2D eigenvalue weighted by atomic mass is 32.3. The van der Waals surface area contributed by atoms with Gasteiger partial charge in [-0.15, -0.1) is 22.7 Å². The van der Waals surface area contributed by atoms with Crippen molar-refractivity contribution in [3.63, 3.8) is 0 Å². The van der Waals surface area contributed by atoms with Crippen LogP contribution in [0.5, 0.6) is 0 Å². The molecule has 53 heavy (non-hydrogen) atoms. The zero-order valence-electron chi connectivity index (χ0n) is 30.2. The van der Waals surface area contributed by atoms with Gasteiger partial charge in [-0.25, -0.2) is 0 Å². The van der Waals surface area contributed by atoms with Crippen molar-refractivity contribution in [2.75, 3.05) is 0 Å². The number of thiophene rings is 2. The lowest BCUT2D eigenvalue weighted by Crippen LogP contribution is -2.04. The van der Waals surface area contributed by atoms with Crippen molar-refractivity contribution >= 4 is 44.9 Å². The summed E-state index contributed by atoms with van der Waals surface area (Å²) in [4.78, 5) is 2.26. The topological polar surface area (TPSA) is 90.0 Å². The van der Waals surface area contributed by atoms with E-state index >= 15 is 0 Å². The molecule has 4 heterocycles. The molecule has 2 aliphatic carbocycles. The molecule has 1 N–H and O–H groups in total. The van der Waals surface area contributed by atoms with Gasteiger partial charge in [0.15, 0.2) is 0 Å². The van der Waals surface area contributed by atoms with Gasteiger partial charge in [0.2, 0.25) is 0 Å². The Bertz CT molecular complexity index is 2420. The number of unbranched alkanes of at least 4 members (excludes halogenated alkanes) is 2. The Balaban J connectivity index is 1.000. The maximum atomic E-state index is 12.1. The van der Waals surface area contributed by atoms with Crippen molar-refractivity contribution in [2.24, 2.45) is 0 Å². The lowest BCUT2D eigenvalue weighted by molar-refractivity contribution is 0.485. The SMILES string of the molecule is Cc1ccc(Cn2nc(C=CCCCC=Cc3nn(Cc4ccc(C)cc4)c4c3CCCc3cc(S(=O)(=O)O)sc3-4)c3c2-c2sccc2CCC3)cc1. The number of aryl methyl sites for hydroxylation is 4. The van der Waals surface area contributed by atoms with Crippen molar-refractivity contribution < 1.29 is 13.0 Å². The molecule has 2 aromatic carbocycles. The van der Waals surface area contributed by atoms with Crippen molar-refractivity contribution in [1.82, 2.24) is 19.6 Å². The Hall–Kier alpha value is -4.35. The molecular weight excluding hydrogens is 717 g/mol. The summed E-state index contributed by atoms with van der Waals surface area (Å²) in [5, 5.41) is 12.5. The minimum Gasteiger partial charge on any atom is -0.281 e. The zero-order valence-corrected chi connectivity index (χ0v) is 32.7. The van der Waals surface area contributed by atoms with E-state index in [-0.39, 0.29) is 4.21 Å². The first kappa shape index (κ1) is 35.7. The van der Waals surface area contributed by atoms with Crippen LogP contribution in [0.1, 0.15) is 88.0 Å². The minimum absolute atomic E-state index is 0.00560. The van der Waals surface area contributed by atoms with Gasteiger partial charge >= 0.3 is 10.1 Å². The Morgan fingerprint density at radius 3 is 1.79 bits per heavy atom. The molecule has 2 aliphatic rings. The number of hydrogen-bond donors (Lipinski definition) is 1. The molecule has 8 rings (SSSR count). The van der Waals surface area contributed by atoms with Crippen LogP contribution >= 0.6 is 22.7 Å².